The van der Waals surface area contributed by atoms with E-state index in [9.17, 15) is 0 Å². The highest BCUT2D eigenvalue weighted by molar-refractivity contribution is 5.33. The molecule has 0 amide bonds. The number of nitrogens with zero attached hydrogens (tertiary/aromatic N) is 1. The fraction of sp³-hybridized carbons (Fsp3) is 0.500. The molecule has 3 rings (SSSR count). The van der Waals surface area contributed by atoms with Gasteiger partial charge in [-0.15, -0.1) is 0 Å². The molecule has 0 aliphatic carbocycles. The van der Waals surface area contributed by atoms with Crippen LogP contribution in [-0.2, 0) is 0 Å². The Hall–Kier alpha value is -1.30. The Bertz CT molecular complexity index is 429. The molecule has 94 valence electrons. The number of hydrogen-bond donors (Lipinski definition) is 1. The van der Waals surface area contributed by atoms with E-state index >= 15 is 0 Å². The first-order chi connectivity index (χ1) is 8.92. The molecule has 1 N–H and O–H groups in total. The molecular weight excluding hydrogens is 220 g/mol. The van der Waals surface area contributed by atoms with Crippen LogP contribution in [0.15, 0.2) is 30.3 Å². The van der Waals surface area contributed by atoms with Crippen LogP contribution in [0.5, 0.6) is 0 Å². The van der Waals surface area contributed by atoms with Crippen molar-refractivity contribution in [3.8, 4) is 11.8 Å². The van der Waals surface area contributed by atoms with Gasteiger partial charge in [-0.25, -0.2) is 0 Å². The maximum Gasteiger partial charge on any atom is 0.0606 e. The van der Waals surface area contributed by atoms with Gasteiger partial charge in [0.15, 0.2) is 0 Å². The molecule has 2 saturated heterocycles. The molecule has 0 radical (unpaired) electrons. The van der Waals surface area contributed by atoms with Crippen LogP contribution in [0, 0.1) is 17.8 Å². The monoisotopic (exact) mass is 240 g/mol. The number of benzene rings is 1. The second kappa shape index (κ2) is 5.56. The van der Waals surface area contributed by atoms with Crippen LogP contribution in [0.1, 0.15) is 18.4 Å². The molecule has 2 heteroatoms. The van der Waals surface area contributed by atoms with E-state index in [0.717, 1.165) is 24.1 Å². The Balaban J connectivity index is 1.54. The van der Waals surface area contributed by atoms with Crippen molar-refractivity contribution in [2.24, 2.45) is 5.92 Å². The quantitative estimate of drug-likeness (QED) is 0.752. The summed E-state index contributed by atoms with van der Waals surface area (Å²) in [5, 5.41) is 3.63. The Kier molecular flexibility index (Phi) is 3.64. The first-order valence-electron chi connectivity index (χ1n) is 6.91. The second-order valence-electron chi connectivity index (χ2n) is 5.32. The third kappa shape index (κ3) is 2.75. The molecule has 18 heavy (non-hydrogen) atoms. The summed E-state index contributed by atoms with van der Waals surface area (Å²) in [5.41, 5.74) is 1.12. The maximum atomic E-state index is 3.63. The highest BCUT2D eigenvalue weighted by Gasteiger charge is 2.33. The first-order valence-corrected chi connectivity index (χ1v) is 6.91. The van der Waals surface area contributed by atoms with E-state index in [1.807, 2.05) is 18.2 Å². The maximum absolute atomic E-state index is 3.63. The van der Waals surface area contributed by atoms with Crippen LogP contribution in [0.2, 0.25) is 0 Å². The van der Waals surface area contributed by atoms with Gasteiger partial charge in [-0.05, 0) is 37.4 Å². The Labute approximate surface area is 109 Å². The SMILES string of the molecule is C(#Cc1ccccc1)CN1C[C@@H]2CCCN[C@@H]2C1. The molecule has 0 saturated carbocycles. The predicted molar refractivity (Wildman–Crippen MR) is 74.3 cm³/mol. The largest absolute Gasteiger partial charge is 0.312 e. The second-order valence-corrected chi connectivity index (χ2v) is 5.32. The zero-order valence-electron chi connectivity index (χ0n) is 10.7. The lowest BCUT2D eigenvalue weighted by atomic mass is 9.94. The van der Waals surface area contributed by atoms with Crippen molar-refractivity contribution in [1.82, 2.24) is 10.2 Å². The Morgan fingerprint density at radius 1 is 1.22 bits per heavy atom. The van der Waals surface area contributed by atoms with Gasteiger partial charge in [0.2, 0.25) is 0 Å². The summed E-state index contributed by atoms with van der Waals surface area (Å²) >= 11 is 0. The summed E-state index contributed by atoms with van der Waals surface area (Å²) in [6.07, 6.45) is 2.73. The smallest absolute Gasteiger partial charge is 0.0606 e. The molecule has 2 aliphatic rings. The molecule has 2 atom stereocenters. The van der Waals surface area contributed by atoms with Gasteiger partial charge in [0.25, 0.3) is 0 Å². The highest BCUT2D eigenvalue weighted by Crippen LogP contribution is 2.24. The third-order valence-electron chi connectivity index (χ3n) is 3.98. The van der Waals surface area contributed by atoms with Crippen LogP contribution >= 0.6 is 0 Å². The predicted octanol–water partition coefficient (Wildman–Crippen LogP) is 1.72. The number of rotatable bonds is 1. The molecule has 2 nitrogen and oxygen atoms in total. The van der Waals surface area contributed by atoms with E-state index in [4.69, 9.17) is 0 Å². The van der Waals surface area contributed by atoms with Crippen molar-refractivity contribution in [3.63, 3.8) is 0 Å². The van der Waals surface area contributed by atoms with E-state index in [2.05, 4.69) is 34.2 Å². The van der Waals surface area contributed by atoms with E-state index in [0.29, 0.717) is 0 Å². The van der Waals surface area contributed by atoms with Crippen molar-refractivity contribution in [3.05, 3.63) is 35.9 Å². The zero-order chi connectivity index (χ0) is 12.2. The number of hydrogen-bond acceptors (Lipinski definition) is 2. The van der Waals surface area contributed by atoms with Crippen molar-refractivity contribution in [2.75, 3.05) is 26.2 Å². The standard InChI is InChI=1S/C16H20N2/c1-2-6-14(7-3-1)8-5-11-18-12-15-9-4-10-17-16(15)13-18/h1-3,6-7,15-17H,4,9-13H2/t15-,16+/m0/s1. The van der Waals surface area contributed by atoms with E-state index < -0.39 is 0 Å². The molecule has 1 aromatic carbocycles. The number of likely N-dealkylation sites (tertiary alicyclic amines) is 1. The number of piperidine rings is 1. The van der Waals surface area contributed by atoms with Gasteiger partial charge in [-0.1, -0.05) is 30.0 Å². The normalized spacial score (nSPS) is 27.3. The average molecular weight is 240 g/mol. The Morgan fingerprint density at radius 3 is 2.94 bits per heavy atom. The molecule has 0 bridgehead atoms. The van der Waals surface area contributed by atoms with Crippen LogP contribution in [0.25, 0.3) is 0 Å². The topological polar surface area (TPSA) is 15.3 Å². The average Bonchev–Trinajstić information content (AvgIpc) is 2.82. The van der Waals surface area contributed by atoms with Gasteiger partial charge in [0.05, 0.1) is 6.54 Å². The van der Waals surface area contributed by atoms with Crippen molar-refractivity contribution in [2.45, 2.75) is 18.9 Å². The Morgan fingerprint density at radius 2 is 2.11 bits per heavy atom. The molecule has 0 spiro atoms. The zero-order valence-corrected chi connectivity index (χ0v) is 10.7. The highest BCUT2D eigenvalue weighted by atomic mass is 15.2. The lowest BCUT2D eigenvalue weighted by Gasteiger charge is -2.24. The van der Waals surface area contributed by atoms with Gasteiger partial charge < -0.3 is 5.32 Å². The fourth-order valence-electron chi connectivity index (χ4n) is 3.04. The summed E-state index contributed by atoms with van der Waals surface area (Å²) in [6, 6.07) is 11.0. The molecule has 2 fully saturated rings. The molecule has 2 aliphatic heterocycles. The third-order valence-corrected chi connectivity index (χ3v) is 3.98. The fourth-order valence-corrected chi connectivity index (χ4v) is 3.04. The van der Waals surface area contributed by atoms with Gasteiger partial charge in [-0.3, -0.25) is 4.90 Å². The van der Waals surface area contributed by atoms with Gasteiger partial charge in [0.1, 0.15) is 0 Å². The summed E-state index contributed by atoms with van der Waals surface area (Å²) < 4.78 is 0. The lowest BCUT2D eigenvalue weighted by Crippen LogP contribution is -2.40. The van der Waals surface area contributed by atoms with E-state index in [-0.39, 0.29) is 0 Å². The molecular formula is C16H20N2. The van der Waals surface area contributed by atoms with E-state index in [1.165, 1.54) is 32.5 Å². The first kappa shape index (κ1) is 11.8. The summed E-state index contributed by atoms with van der Waals surface area (Å²) in [5.74, 6) is 7.40. The molecule has 0 aromatic heterocycles. The van der Waals surface area contributed by atoms with Crippen LogP contribution < -0.4 is 5.32 Å². The minimum atomic E-state index is 0.720. The lowest BCUT2D eigenvalue weighted by molar-refractivity contribution is 0.336. The van der Waals surface area contributed by atoms with Crippen LogP contribution in [-0.4, -0.2) is 37.1 Å². The van der Waals surface area contributed by atoms with Crippen LogP contribution in [0.4, 0.5) is 0 Å². The van der Waals surface area contributed by atoms with E-state index in [1.54, 1.807) is 0 Å². The van der Waals surface area contributed by atoms with Gasteiger partial charge >= 0.3 is 0 Å². The number of fused-ring (bicyclic) bond motifs is 1. The van der Waals surface area contributed by atoms with Crippen molar-refractivity contribution in [1.29, 1.82) is 0 Å². The van der Waals surface area contributed by atoms with Crippen molar-refractivity contribution >= 4 is 0 Å². The van der Waals surface area contributed by atoms with Gasteiger partial charge in [0, 0.05) is 24.7 Å². The van der Waals surface area contributed by atoms with Gasteiger partial charge in [-0.2, -0.15) is 0 Å². The van der Waals surface area contributed by atoms with Crippen LogP contribution in [0.3, 0.4) is 0 Å². The molecule has 0 unspecified atom stereocenters. The summed E-state index contributed by atoms with van der Waals surface area (Å²) in [7, 11) is 0. The molecule has 1 aromatic rings. The minimum absolute atomic E-state index is 0.720. The van der Waals surface area contributed by atoms with Crippen molar-refractivity contribution < 1.29 is 0 Å². The number of nitrogens with one attached hydrogen (secondary N) is 1. The molecule has 2 heterocycles. The minimum Gasteiger partial charge on any atom is -0.312 e. The summed E-state index contributed by atoms with van der Waals surface area (Å²) in [6.45, 7) is 4.50. The summed E-state index contributed by atoms with van der Waals surface area (Å²) in [4.78, 5) is 2.49.